The van der Waals surface area contributed by atoms with E-state index < -0.39 is 5.41 Å². The number of hydrogen-bond donors (Lipinski definition) is 1. The summed E-state index contributed by atoms with van der Waals surface area (Å²) < 4.78 is 5.64. The van der Waals surface area contributed by atoms with E-state index in [2.05, 4.69) is 29.6 Å². The third-order valence-electron chi connectivity index (χ3n) is 6.15. The lowest BCUT2D eigenvalue weighted by Gasteiger charge is -2.28. The van der Waals surface area contributed by atoms with Crippen LogP contribution >= 0.6 is 0 Å². The van der Waals surface area contributed by atoms with Gasteiger partial charge >= 0.3 is 0 Å². The van der Waals surface area contributed by atoms with E-state index in [-0.39, 0.29) is 18.4 Å². The molecule has 0 radical (unpaired) electrons. The third-order valence-corrected chi connectivity index (χ3v) is 6.15. The highest BCUT2D eigenvalue weighted by Crippen LogP contribution is 2.37. The Bertz CT molecular complexity index is 1070. The molecule has 0 aliphatic carbocycles. The molecule has 1 aliphatic rings. The number of rotatable bonds is 7. The van der Waals surface area contributed by atoms with Gasteiger partial charge in [0, 0.05) is 20.1 Å². The molecule has 4 rings (SSSR count). The maximum Gasteiger partial charge on any atom is 0.260 e. The molecule has 1 aliphatic heterocycles. The Balaban J connectivity index is 1.52. The molecule has 1 atom stereocenters. The number of nitrogens with one attached hydrogen (secondary N) is 1. The van der Waals surface area contributed by atoms with E-state index in [1.807, 2.05) is 60.7 Å². The quantitative estimate of drug-likeness (QED) is 0.620. The summed E-state index contributed by atoms with van der Waals surface area (Å²) in [6, 6.07) is 27.7. The SMILES string of the molecule is CNC(=O)[C@@]1(Cc2ccccc2-c2ccccc2)CCN(C(=O)COc2ccccc2)C1. The molecular weight excluding hydrogens is 400 g/mol. The number of carbonyl (C=O) groups is 2. The van der Waals surface area contributed by atoms with E-state index in [1.54, 1.807) is 11.9 Å². The van der Waals surface area contributed by atoms with Crippen molar-refractivity contribution in [3.63, 3.8) is 0 Å². The third kappa shape index (κ3) is 4.67. The maximum atomic E-state index is 13.1. The second kappa shape index (κ2) is 9.69. The summed E-state index contributed by atoms with van der Waals surface area (Å²) >= 11 is 0. The fourth-order valence-corrected chi connectivity index (χ4v) is 4.45. The van der Waals surface area contributed by atoms with Crippen LogP contribution in [-0.4, -0.2) is 43.5 Å². The van der Waals surface area contributed by atoms with Crippen LogP contribution in [0.25, 0.3) is 11.1 Å². The number of amides is 2. The van der Waals surface area contributed by atoms with Crippen molar-refractivity contribution in [3.05, 3.63) is 90.5 Å². The number of carbonyl (C=O) groups excluding carboxylic acids is 2. The smallest absolute Gasteiger partial charge is 0.260 e. The van der Waals surface area contributed by atoms with Crippen molar-refractivity contribution < 1.29 is 14.3 Å². The fraction of sp³-hybridized carbons (Fsp3) is 0.259. The maximum absolute atomic E-state index is 13.1. The molecule has 164 valence electrons. The van der Waals surface area contributed by atoms with Crippen LogP contribution in [0.3, 0.4) is 0 Å². The van der Waals surface area contributed by atoms with Gasteiger partial charge in [0.15, 0.2) is 6.61 Å². The normalized spacial score (nSPS) is 17.7. The number of hydrogen-bond acceptors (Lipinski definition) is 3. The number of likely N-dealkylation sites (tertiary alicyclic amines) is 1. The van der Waals surface area contributed by atoms with Crippen molar-refractivity contribution in [1.29, 1.82) is 0 Å². The molecule has 0 unspecified atom stereocenters. The lowest BCUT2D eigenvalue weighted by molar-refractivity contribution is -0.134. The Kier molecular flexibility index (Phi) is 6.55. The van der Waals surface area contributed by atoms with Crippen LogP contribution in [0.15, 0.2) is 84.9 Å². The van der Waals surface area contributed by atoms with Crippen LogP contribution in [-0.2, 0) is 16.0 Å². The largest absolute Gasteiger partial charge is 0.484 e. The zero-order chi connectivity index (χ0) is 22.4. The Morgan fingerprint density at radius 1 is 0.938 bits per heavy atom. The predicted octanol–water partition coefficient (Wildman–Crippen LogP) is 3.94. The molecule has 0 bridgehead atoms. The molecule has 32 heavy (non-hydrogen) atoms. The fourth-order valence-electron chi connectivity index (χ4n) is 4.45. The Morgan fingerprint density at radius 3 is 2.31 bits per heavy atom. The Morgan fingerprint density at radius 2 is 1.59 bits per heavy atom. The van der Waals surface area contributed by atoms with Crippen LogP contribution in [0.2, 0.25) is 0 Å². The summed E-state index contributed by atoms with van der Waals surface area (Å²) in [5.41, 5.74) is 2.69. The summed E-state index contributed by atoms with van der Waals surface area (Å²) in [5.74, 6) is 0.532. The average Bonchev–Trinajstić information content (AvgIpc) is 3.29. The van der Waals surface area contributed by atoms with Gasteiger partial charge in [0.05, 0.1) is 5.41 Å². The van der Waals surface area contributed by atoms with Crippen molar-refractivity contribution in [2.24, 2.45) is 5.41 Å². The zero-order valence-corrected chi connectivity index (χ0v) is 18.3. The minimum Gasteiger partial charge on any atom is -0.484 e. The van der Waals surface area contributed by atoms with Gasteiger partial charge in [-0.15, -0.1) is 0 Å². The minimum atomic E-state index is -0.665. The molecule has 1 saturated heterocycles. The summed E-state index contributed by atoms with van der Waals surface area (Å²) in [5, 5.41) is 2.84. The molecule has 1 fully saturated rings. The topological polar surface area (TPSA) is 58.6 Å². The summed E-state index contributed by atoms with van der Waals surface area (Å²) in [4.78, 5) is 27.6. The van der Waals surface area contributed by atoms with Gasteiger partial charge in [-0.3, -0.25) is 9.59 Å². The first-order chi connectivity index (χ1) is 15.6. The molecule has 0 spiro atoms. The van der Waals surface area contributed by atoms with Crippen molar-refractivity contribution in [1.82, 2.24) is 10.2 Å². The molecule has 1 heterocycles. The van der Waals surface area contributed by atoms with Gasteiger partial charge in [-0.1, -0.05) is 72.8 Å². The molecule has 5 nitrogen and oxygen atoms in total. The zero-order valence-electron chi connectivity index (χ0n) is 18.3. The summed E-state index contributed by atoms with van der Waals surface area (Å²) in [6.07, 6.45) is 1.19. The monoisotopic (exact) mass is 428 g/mol. The van der Waals surface area contributed by atoms with E-state index >= 15 is 0 Å². The van der Waals surface area contributed by atoms with E-state index in [9.17, 15) is 9.59 Å². The van der Waals surface area contributed by atoms with Crippen molar-refractivity contribution in [3.8, 4) is 16.9 Å². The van der Waals surface area contributed by atoms with Gasteiger partial charge in [-0.05, 0) is 41.7 Å². The Labute approximate surface area is 189 Å². The van der Waals surface area contributed by atoms with Gasteiger partial charge in [0.25, 0.3) is 5.91 Å². The molecular formula is C27H28N2O3. The molecule has 1 N–H and O–H groups in total. The van der Waals surface area contributed by atoms with Crippen LogP contribution < -0.4 is 10.1 Å². The summed E-state index contributed by atoms with van der Waals surface area (Å²) in [7, 11) is 1.66. The number of benzene rings is 3. The average molecular weight is 429 g/mol. The van der Waals surface area contributed by atoms with Crippen LogP contribution in [0.1, 0.15) is 12.0 Å². The van der Waals surface area contributed by atoms with Gasteiger partial charge in [0.1, 0.15) is 5.75 Å². The lowest BCUT2D eigenvalue weighted by Crippen LogP contribution is -2.44. The number of nitrogens with zero attached hydrogens (tertiary/aromatic N) is 1. The second-order valence-electron chi connectivity index (χ2n) is 8.23. The minimum absolute atomic E-state index is 0.0281. The van der Waals surface area contributed by atoms with Gasteiger partial charge in [0.2, 0.25) is 5.91 Å². The van der Waals surface area contributed by atoms with Crippen LogP contribution in [0.5, 0.6) is 5.75 Å². The summed E-state index contributed by atoms with van der Waals surface area (Å²) in [6.45, 7) is 0.888. The highest BCUT2D eigenvalue weighted by atomic mass is 16.5. The first-order valence-electron chi connectivity index (χ1n) is 10.9. The Hall–Kier alpha value is -3.60. The standard InChI is InChI=1S/C27H28N2O3/c1-28-26(31)27(18-22-12-8-9-15-24(22)21-10-4-2-5-11-21)16-17-29(20-27)25(30)19-32-23-13-6-3-7-14-23/h2-15H,16-20H2,1H3,(H,28,31)/t27-/m1/s1. The first-order valence-corrected chi connectivity index (χ1v) is 10.9. The van der Waals surface area contributed by atoms with Gasteiger partial charge < -0.3 is 15.0 Å². The second-order valence-corrected chi connectivity index (χ2v) is 8.23. The van der Waals surface area contributed by atoms with Crippen LogP contribution in [0.4, 0.5) is 0 Å². The van der Waals surface area contributed by atoms with Crippen molar-refractivity contribution in [2.45, 2.75) is 12.8 Å². The molecule has 5 heteroatoms. The first kappa shape index (κ1) is 21.6. The van der Waals surface area contributed by atoms with Crippen LogP contribution in [0, 0.1) is 5.41 Å². The van der Waals surface area contributed by atoms with Crippen molar-refractivity contribution >= 4 is 11.8 Å². The molecule has 2 amide bonds. The van der Waals surface area contributed by atoms with E-state index in [4.69, 9.17) is 4.74 Å². The number of para-hydroxylation sites is 1. The highest BCUT2D eigenvalue weighted by Gasteiger charge is 2.45. The molecule has 0 aromatic heterocycles. The van der Waals surface area contributed by atoms with E-state index in [1.165, 1.54) is 0 Å². The van der Waals surface area contributed by atoms with Gasteiger partial charge in [-0.2, -0.15) is 0 Å². The van der Waals surface area contributed by atoms with Crippen molar-refractivity contribution in [2.75, 3.05) is 26.7 Å². The lowest BCUT2D eigenvalue weighted by atomic mass is 9.78. The number of ether oxygens (including phenoxy) is 1. The van der Waals surface area contributed by atoms with E-state index in [0.29, 0.717) is 31.7 Å². The molecule has 0 saturated carbocycles. The predicted molar refractivity (Wildman–Crippen MR) is 125 cm³/mol. The molecule has 3 aromatic rings. The van der Waals surface area contributed by atoms with E-state index in [0.717, 1.165) is 16.7 Å². The molecule has 3 aromatic carbocycles. The van der Waals surface area contributed by atoms with Gasteiger partial charge in [-0.25, -0.2) is 0 Å². The highest BCUT2D eigenvalue weighted by molar-refractivity contribution is 5.86.